The van der Waals surface area contributed by atoms with Crippen molar-refractivity contribution in [3.63, 3.8) is 0 Å². The summed E-state index contributed by atoms with van der Waals surface area (Å²) < 4.78 is 35.0. The number of aliphatic hydroxyl groups is 1. The topological polar surface area (TPSA) is 142 Å². The van der Waals surface area contributed by atoms with Crippen LogP contribution in [-0.4, -0.2) is 104 Å². The van der Waals surface area contributed by atoms with Gasteiger partial charge in [-0.1, -0.05) is 57.0 Å². The highest BCUT2D eigenvalue weighted by molar-refractivity contribution is 8.76. The normalized spacial score (nSPS) is 32.9. The Morgan fingerprint density at radius 2 is 1.96 bits per heavy atom. The monoisotopic (exact) mass is 742 g/mol. The SMILES string of the molecule is COc1cc2cc(c1Cl)N(C)C(=O)C[C@H](OC(=O)[C@H](C)OCCSSC)[C@@]1(C)C[C@@](C)(O1)[C@@H]1C[C@@](O)(NC(=O)O1)[C@H](OC)/C=C/C=C(\C)C2. The maximum Gasteiger partial charge on any atom is 0.409 e. The Hall–Kier alpha value is -2.46. The minimum Gasteiger partial charge on any atom is -0.495 e. The molecule has 0 spiro atoms. The van der Waals surface area contributed by atoms with E-state index in [1.807, 2.05) is 25.3 Å². The molecular formula is C34H47ClN2O10S2. The number of hydrogen-bond donors (Lipinski definition) is 2. The van der Waals surface area contributed by atoms with Crippen molar-refractivity contribution in [1.82, 2.24) is 5.32 Å². The Bertz CT molecular complexity index is 1450. The highest BCUT2D eigenvalue weighted by atomic mass is 35.5. The number of benzene rings is 1. The van der Waals surface area contributed by atoms with Crippen LogP contribution < -0.4 is 15.0 Å². The summed E-state index contributed by atoms with van der Waals surface area (Å²) in [6.45, 7) is 7.37. The van der Waals surface area contributed by atoms with Crippen LogP contribution in [-0.2, 0) is 39.7 Å². The molecule has 1 aromatic carbocycles. The maximum absolute atomic E-state index is 14.0. The maximum atomic E-state index is 14.0. The Labute approximate surface area is 300 Å². The van der Waals surface area contributed by atoms with E-state index in [0.29, 0.717) is 30.2 Å². The largest absolute Gasteiger partial charge is 0.495 e. The van der Waals surface area contributed by atoms with Gasteiger partial charge in [-0.2, -0.15) is 0 Å². The summed E-state index contributed by atoms with van der Waals surface area (Å²) in [7, 11) is 7.75. The first-order chi connectivity index (χ1) is 23.1. The number of halogens is 1. The minimum absolute atomic E-state index is 0.0634. The van der Waals surface area contributed by atoms with Gasteiger partial charge in [0.15, 0.2) is 11.8 Å². The second-order valence-electron chi connectivity index (χ2n) is 13.0. The molecule has 12 nitrogen and oxygen atoms in total. The van der Waals surface area contributed by atoms with Crippen LogP contribution >= 0.6 is 33.2 Å². The number of anilines is 1. The van der Waals surface area contributed by atoms with Gasteiger partial charge in [0.1, 0.15) is 40.3 Å². The molecule has 2 saturated heterocycles. The molecule has 2 amide bonds. The number of nitrogens with zero attached hydrogens (tertiary/aromatic N) is 1. The van der Waals surface area contributed by atoms with E-state index in [2.05, 4.69) is 5.32 Å². The number of amides is 2. The number of carbonyl (C=O) groups excluding carboxylic acids is 3. The number of ether oxygens (including phenoxy) is 6. The summed E-state index contributed by atoms with van der Waals surface area (Å²) in [5.41, 5.74) is -1.88. The molecule has 0 aromatic heterocycles. The van der Waals surface area contributed by atoms with Gasteiger partial charge in [0.05, 0.1) is 25.8 Å². The van der Waals surface area contributed by atoms with Crippen LogP contribution in [0.5, 0.6) is 5.75 Å². The van der Waals surface area contributed by atoms with Crippen molar-refractivity contribution in [2.24, 2.45) is 0 Å². The third-order valence-corrected chi connectivity index (χ3v) is 11.3. The molecule has 0 saturated carbocycles. The molecule has 6 bridgehead atoms. The van der Waals surface area contributed by atoms with Gasteiger partial charge in [0.2, 0.25) is 5.91 Å². The molecule has 15 heteroatoms. The van der Waals surface area contributed by atoms with Gasteiger partial charge >= 0.3 is 12.1 Å². The third-order valence-electron chi connectivity index (χ3n) is 9.11. The van der Waals surface area contributed by atoms with Crippen LogP contribution in [0.25, 0.3) is 0 Å². The van der Waals surface area contributed by atoms with Gasteiger partial charge in [0.25, 0.3) is 0 Å². The van der Waals surface area contributed by atoms with Gasteiger partial charge < -0.3 is 38.4 Å². The Kier molecular flexibility index (Phi) is 13.1. The fourth-order valence-corrected chi connectivity index (χ4v) is 7.89. The lowest BCUT2D eigenvalue weighted by Gasteiger charge is -2.59. The van der Waals surface area contributed by atoms with Crippen LogP contribution in [0.4, 0.5) is 10.5 Å². The van der Waals surface area contributed by atoms with E-state index in [4.69, 9.17) is 40.0 Å². The van der Waals surface area contributed by atoms with Crippen LogP contribution in [0.1, 0.15) is 52.5 Å². The summed E-state index contributed by atoms with van der Waals surface area (Å²) in [5.74, 6) is 0.0461. The summed E-state index contributed by atoms with van der Waals surface area (Å²) in [6, 6.07) is 3.62. The Balaban J connectivity index is 1.74. The predicted octanol–water partition coefficient (Wildman–Crippen LogP) is 5.23. The summed E-state index contributed by atoms with van der Waals surface area (Å²) in [6.07, 6.45) is 3.01. The molecule has 2 fully saturated rings. The standard InChI is InChI=1S/C34H47ClN2O10S2/c1-20-10-9-11-25(43-7)34(41)18-27(46-31(40)36-34)33(4)19-32(3,47-33)26(45-30(39)21(2)44-12-13-49-48-8)17-28(38)37(5)23-15-22(14-20)16-24(42-6)29(23)35/h9-11,15-16,21,25-27,41H,12-14,17-19H2,1-8H3,(H,36,40)/b11-9+,20-10+/t21-,25+,26-,27-,32+,33+,34-/m0/s1. The van der Waals surface area contributed by atoms with Crippen molar-refractivity contribution in [2.45, 2.75) is 94.7 Å². The molecule has 49 heavy (non-hydrogen) atoms. The van der Waals surface area contributed by atoms with E-state index < -0.39 is 53.4 Å². The van der Waals surface area contributed by atoms with E-state index >= 15 is 0 Å². The third kappa shape index (κ3) is 9.07. The predicted molar refractivity (Wildman–Crippen MR) is 190 cm³/mol. The number of alkyl carbamates (subject to hydrolysis) is 1. The fraction of sp³-hybridized carbons (Fsp3) is 0.618. The quantitative estimate of drug-likeness (QED) is 0.195. The number of carbonyl (C=O) groups is 3. The molecule has 1 aromatic rings. The zero-order chi connectivity index (χ0) is 36.1. The van der Waals surface area contributed by atoms with Crippen LogP contribution in [0.15, 0.2) is 35.9 Å². The van der Waals surface area contributed by atoms with Crippen LogP contribution in [0.2, 0.25) is 5.02 Å². The zero-order valence-electron chi connectivity index (χ0n) is 29.2. The Morgan fingerprint density at radius 1 is 1.24 bits per heavy atom. The summed E-state index contributed by atoms with van der Waals surface area (Å²) in [4.78, 5) is 41.5. The van der Waals surface area contributed by atoms with Crippen molar-refractivity contribution in [2.75, 3.05) is 44.8 Å². The molecule has 7 atom stereocenters. The second kappa shape index (κ2) is 16.3. The van der Waals surface area contributed by atoms with Gasteiger partial charge in [-0.05, 0) is 58.1 Å². The Morgan fingerprint density at radius 3 is 2.61 bits per heavy atom. The number of methoxy groups -OCH3 is 2. The number of allylic oxidation sites excluding steroid dienone is 3. The van der Waals surface area contributed by atoms with Crippen molar-refractivity contribution in [1.29, 1.82) is 0 Å². The summed E-state index contributed by atoms with van der Waals surface area (Å²) in [5, 5.41) is 14.5. The van der Waals surface area contributed by atoms with Crippen LogP contribution in [0.3, 0.4) is 0 Å². The molecule has 0 aliphatic carbocycles. The molecule has 272 valence electrons. The molecule has 4 heterocycles. The van der Waals surface area contributed by atoms with E-state index in [1.165, 1.54) is 19.1 Å². The minimum atomic E-state index is -1.82. The average Bonchev–Trinajstić information content (AvgIpc) is 3.03. The van der Waals surface area contributed by atoms with E-state index in [-0.39, 0.29) is 30.2 Å². The number of nitrogens with one attached hydrogen (secondary N) is 1. The molecule has 2 N–H and O–H groups in total. The average molecular weight is 743 g/mol. The summed E-state index contributed by atoms with van der Waals surface area (Å²) >= 11 is 6.73. The molecule has 5 rings (SSSR count). The molecule has 4 aliphatic rings. The van der Waals surface area contributed by atoms with Gasteiger partial charge in [-0.15, -0.1) is 0 Å². The number of fused-ring (bicyclic) bond motifs is 6. The molecule has 0 unspecified atom stereocenters. The highest BCUT2D eigenvalue weighted by Crippen LogP contribution is 2.50. The zero-order valence-corrected chi connectivity index (χ0v) is 31.6. The first-order valence-corrected chi connectivity index (χ1v) is 19.1. The lowest BCUT2D eigenvalue weighted by Crippen LogP contribution is -2.72. The first kappa shape index (κ1) is 39.3. The van der Waals surface area contributed by atoms with Crippen molar-refractivity contribution < 1.29 is 47.9 Å². The van der Waals surface area contributed by atoms with Gasteiger partial charge in [-0.25, -0.2) is 9.59 Å². The number of esters is 1. The van der Waals surface area contributed by atoms with Crippen LogP contribution in [0, 0.1) is 0 Å². The fourth-order valence-electron chi connectivity index (χ4n) is 6.54. The van der Waals surface area contributed by atoms with Gasteiger partial charge in [-0.3, -0.25) is 10.1 Å². The van der Waals surface area contributed by atoms with Crippen molar-refractivity contribution in [3.8, 4) is 5.75 Å². The van der Waals surface area contributed by atoms with Gasteiger partial charge in [0, 0.05) is 32.8 Å². The highest BCUT2D eigenvalue weighted by Gasteiger charge is 2.63. The van der Waals surface area contributed by atoms with Crippen molar-refractivity contribution in [3.05, 3.63) is 46.5 Å². The van der Waals surface area contributed by atoms with E-state index in [9.17, 15) is 19.5 Å². The lowest BCUT2D eigenvalue weighted by atomic mass is 9.72. The second-order valence-corrected chi connectivity index (χ2v) is 16.1. The number of hydrogen-bond acceptors (Lipinski definition) is 12. The molecular weight excluding hydrogens is 696 g/mol. The lowest BCUT2D eigenvalue weighted by molar-refractivity contribution is -0.328. The van der Waals surface area contributed by atoms with E-state index in [0.717, 1.165) is 11.1 Å². The first-order valence-electron chi connectivity index (χ1n) is 16.0. The van der Waals surface area contributed by atoms with E-state index in [1.54, 1.807) is 67.6 Å². The van der Waals surface area contributed by atoms with Crippen molar-refractivity contribution >= 4 is 56.8 Å². The smallest absolute Gasteiger partial charge is 0.409 e. The molecule has 0 radical (unpaired) electrons. The number of rotatable bonds is 9. The molecule has 4 aliphatic heterocycles.